The molecule has 5 heteroatoms. The second-order valence-electron chi connectivity index (χ2n) is 5.96. The van der Waals surface area contributed by atoms with E-state index in [0.29, 0.717) is 16.8 Å². The molecule has 0 aliphatic carbocycles. The Morgan fingerprint density at radius 2 is 1.80 bits per heavy atom. The standard InChI is InChI=1S/C20H16N2O2S/c1-22(2)15-9-7-13(8-10-15)19-21-17(12-25-19)16-11-14-5-3-4-6-18(14)24-20(16)23/h3-12H,1-2H3. The fourth-order valence-corrected chi connectivity index (χ4v) is 3.50. The Morgan fingerprint density at radius 3 is 2.56 bits per heavy atom. The fourth-order valence-electron chi connectivity index (χ4n) is 2.67. The summed E-state index contributed by atoms with van der Waals surface area (Å²) in [6.07, 6.45) is 0. The van der Waals surface area contributed by atoms with Gasteiger partial charge in [-0.3, -0.25) is 0 Å². The van der Waals surface area contributed by atoms with Crippen LogP contribution < -0.4 is 10.5 Å². The van der Waals surface area contributed by atoms with E-state index in [1.54, 1.807) is 6.07 Å². The molecule has 0 bridgehead atoms. The van der Waals surface area contributed by atoms with Gasteiger partial charge in [0.25, 0.3) is 0 Å². The molecule has 124 valence electrons. The average Bonchev–Trinajstić information content (AvgIpc) is 3.11. The lowest BCUT2D eigenvalue weighted by Crippen LogP contribution is -2.07. The van der Waals surface area contributed by atoms with Crippen molar-refractivity contribution in [1.29, 1.82) is 0 Å². The number of rotatable bonds is 3. The number of hydrogen-bond donors (Lipinski definition) is 0. The van der Waals surface area contributed by atoms with Gasteiger partial charge in [0.1, 0.15) is 10.6 Å². The van der Waals surface area contributed by atoms with Gasteiger partial charge < -0.3 is 9.32 Å². The highest BCUT2D eigenvalue weighted by Crippen LogP contribution is 2.29. The summed E-state index contributed by atoms with van der Waals surface area (Å²) in [6, 6.07) is 17.5. The van der Waals surface area contributed by atoms with Crippen LogP contribution in [-0.2, 0) is 0 Å². The summed E-state index contributed by atoms with van der Waals surface area (Å²) in [5.41, 5.74) is 3.54. The molecular weight excluding hydrogens is 332 g/mol. The van der Waals surface area contributed by atoms with Crippen molar-refractivity contribution >= 4 is 28.0 Å². The van der Waals surface area contributed by atoms with E-state index in [1.165, 1.54) is 11.3 Å². The van der Waals surface area contributed by atoms with Crippen LogP contribution in [0.5, 0.6) is 0 Å². The van der Waals surface area contributed by atoms with Crippen molar-refractivity contribution in [3.05, 3.63) is 70.4 Å². The lowest BCUT2D eigenvalue weighted by Gasteiger charge is -2.11. The molecule has 0 aliphatic heterocycles. The predicted molar refractivity (Wildman–Crippen MR) is 103 cm³/mol. The number of benzene rings is 2. The first-order valence-corrected chi connectivity index (χ1v) is 8.76. The summed E-state index contributed by atoms with van der Waals surface area (Å²) < 4.78 is 5.41. The van der Waals surface area contributed by atoms with E-state index in [0.717, 1.165) is 21.6 Å². The maximum atomic E-state index is 12.3. The lowest BCUT2D eigenvalue weighted by atomic mass is 10.1. The van der Waals surface area contributed by atoms with Crippen molar-refractivity contribution in [1.82, 2.24) is 4.98 Å². The third kappa shape index (κ3) is 2.94. The molecule has 4 rings (SSSR count). The molecule has 4 nitrogen and oxygen atoms in total. The molecule has 0 radical (unpaired) electrons. The molecule has 0 spiro atoms. The van der Waals surface area contributed by atoms with Crippen LogP contribution in [0.15, 0.2) is 69.2 Å². The Hall–Kier alpha value is -2.92. The Balaban J connectivity index is 1.74. The van der Waals surface area contributed by atoms with Gasteiger partial charge in [-0.05, 0) is 36.4 Å². The molecule has 0 amide bonds. The van der Waals surface area contributed by atoms with Crippen molar-refractivity contribution in [2.75, 3.05) is 19.0 Å². The third-order valence-electron chi connectivity index (χ3n) is 4.05. The highest BCUT2D eigenvalue weighted by Gasteiger charge is 2.12. The lowest BCUT2D eigenvalue weighted by molar-refractivity contribution is 0.563. The highest BCUT2D eigenvalue weighted by molar-refractivity contribution is 7.13. The van der Waals surface area contributed by atoms with Gasteiger partial charge in [-0.25, -0.2) is 9.78 Å². The van der Waals surface area contributed by atoms with Gasteiger partial charge >= 0.3 is 5.63 Å². The summed E-state index contributed by atoms with van der Waals surface area (Å²) in [5.74, 6) is 0. The number of fused-ring (bicyclic) bond motifs is 1. The normalized spacial score (nSPS) is 11.0. The first-order chi connectivity index (χ1) is 12.1. The quantitative estimate of drug-likeness (QED) is 0.506. The maximum Gasteiger partial charge on any atom is 0.345 e. The molecular formula is C20H16N2O2S. The maximum absolute atomic E-state index is 12.3. The molecule has 0 unspecified atom stereocenters. The van der Waals surface area contributed by atoms with Crippen LogP contribution in [0.1, 0.15) is 0 Å². The Morgan fingerprint density at radius 1 is 1.04 bits per heavy atom. The highest BCUT2D eigenvalue weighted by atomic mass is 32.1. The first-order valence-electron chi connectivity index (χ1n) is 7.88. The molecule has 0 N–H and O–H groups in total. The fraction of sp³-hybridized carbons (Fsp3) is 0.100. The Bertz CT molecular complexity index is 1090. The molecule has 0 aliphatic rings. The second-order valence-corrected chi connectivity index (χ2v) is 6.82. The SMILES string of the molecule is CN(C)c1ccc(-c2nc(-c3cc4ccccc4oc3=O)cs2)cc1. The first kappa shape index (κ1) is 15.6. The summed E-state index contributed by atoms with van der Waals surface area (Å²) in [4.78, 5) is 19.0. The van der Waals surface area contributed by atoms with Gasteiger partial charge in [-0.1, -0.05) is 18.2 Å². The average molecular weight is 348 g/mol. The Labute approximate surface area is 149 Å². The third-order valence-corrected chi connectivity index (χ3v) is 4.94. The van der Waals surface area contributed by atoms with Gasteiger partial charge in [0, 0.05) is 36.1 Å². The van der Waals surface area contributed by atoms with E-state index in [4.69, 9.17) is 4.42 Å². The molecule has 4 aromatic rings. The van der Waals surface area contributed by atoms with Gasteiger partial charge in [0.05, 0.1) is 11.3 Å². The molecule has 0 saturated carbocycles. The van der Waals surface area contributed by atoms with E-state index in [1.807, 2.05) is 55.9 Å². The summed E-state index contributed by atoms with van der Waals surface area (Å²) in [5, 5.41) is 3.67. The van der Waals surface area contributed by atoms with E-state index in [9.17, 15) is 4.79 Å². The predicted octanol–water partition coefficient (Wildman–Crippen LogP) is 4.65. The van der Waals surface area contributed by atoms with Crippen LogP contribution in [0.3, 0.4) is 0 Å². The van der Waals surface area contributed by atoms with E-state index in [-0.39, 0.29) is 5.63 Å². The van der Waals surface area contributed by atoms with Crippen molar-refractivity contribution in [3.63, 3.8) is 0 Å². The van der Waals surface area contributed by atoms with Crippen molar-refractivity contribution in [2.24, 2.45) is 0 Å². The molecule has 25 heavy (non-hydrogen) atoms. The number of para-hydroxylation sites is 1. The van der Waals surface area contributed by atoms with Crippen LogP contribution >= 0.6 is 11.3 Å². The smallest absolute Gasteiger partial charge is 0.345 e. The van der Waals surface area contributed by atoms with Gasteiger partial charge in [0.2, 0.25) is 0 Å². The zero-order valence-corrected chi connectivity index (χ0v) is 14.7. The molecule has 2 aromatic heterocycles. The number of anilines is 1. The molecule has 0 atom stereocenters. The topological polar surface area (TPSA) is 46.3 Å². The minimum Gasteiger partial charge on any atom is -0.422 e. The number of aromatic nitrogens is 1. The van der Waals surface area contributed by atoms with E-state index < -0.39 is 0 Å². The van der Waals surface area contributed by atoms with Crippen molar-refractivity contribution in [3.8, 4) is 21.8 Å². The summed E-state index contributed by atoms with van der Waals surface area (Å²) in [6.45, 7) is 0. The minimum atomic E-state index is -0.362. The molecule has 0 fully saturated rings. The van der Waals surface area contributed by atoms with Crippen LogP contribution in [0, 0.1) is 0 Å². The Kier molecular flexibility index (Phi) is 3.86. The zero-order valence-electron chi connectivity index (χ0n) is 13.9. The minimum absolute atomic E-state index is 0.362. The van der Waals surface area contributed by atoms with Gasteiger partial charge in [0.15, 0.2) is 0 Å². The van der Waals surface area contributed by atoms with Crippen LogP contribution in [0.2, 0.25) is 0 Å². The monoisotopic (exact) mass is 348 g/mol. The summed E-state index contributed by atoms with van der Waals surface area (Å²) in [7, 11) is 4.02. The molecule has 2 aromatic carbocycles. The van der Waals surface area contributed by atoms with Crippen LogP contribution in [0.25, 0.3) is 32.8 Å². The van der Waals surface area contributed by atoms with E-state index in [2.05, 4.69) is 22.0 Å². The van der Waals surface area contributed by atoms with Crippen molar-refractivity contribution in [2.45, 2.75) is 0 Å². The van der Waals surface area contributed by atoms with Gasteiger partial charge in [-0.15, -0.1) is 11.3 Å². The summed E-state index contributed by atoms with van der Waals surface area (Å²) >= 11 is 1.52. The number of thiazole rings is 1. The molecule has 0 saturated heterocycles. The van der Waals surface area contributed by atoms with Gasteiger partial charge in [-0.2, -0.15) is 0 Å². The van der Waals surface area contributed by atoms with Crippen LogP contribution in [-0.4, -0.2) is 19.1 Å². The van der Waals surface area contributed by atoms with Crippen molar-refractivity contribution < 1.29 is 4.42 Å². The number of nitrogens with zero attached hydrogens (tertiary/aromatic N) is 2. The largest absolute Gasteiger partial charge is 0.422 e. The van der Waals surface area contributed by atoms with E-state index >= 15 is 0 Å². The van der Waals surface area contributed by atoms with Crippen LogP contribution in [0.4, 0.5) is 5.69 Å². The zero-order chi connectivity index (χ0) is 17.4. The second kappa shape index (κ2) is 6.18. The molecule has 2 heterocycles. The number of hydrogen-bond acceptors (Lipinski definition) is 5.